The van der Waals surface area contributed by atoms with Gasteiger partial charge >= 0.3 is 0 Å². The van der Waals surface area contributed by atoms with Crippen LogP contribution in [0.5, 0.6) is 0 Å². The summed E-state index contributed by atoms with van der Waals surface area (Å²) in [6.07, 6.45) is 4.43. The molecule has 1 N–H and O–H groups in total. The number of nitrogens with zero attached hydrogens (tertiary/aromatic N) is 2. The molecule has 0 atom stereocenters. The second kappa shape index (κ2) is 5.73. The molecular formula is C15H16N2O2S. The second-order valence-corrected chi connectivity index (χ2v) is 5.97. The lowest BCUT2D eigenvalue weighted by Gasteiger charge is -2.28. The van der Waals surface area contributed by atoms with Crippen LogP contribution < -0.4 is 0 Å². The molecule has 0 radical (unpaired) electrons. The van der Waals surface area contributed by atoms with Gasteiger partial charge in [0.2, 0.25) is 5.91 Å². The van der Waals surface area contributed by atoms with Crippen LogP contribution in [-0.2, 0) is 4.79 Å². The fraction of sp³-hybridized carbons (Fsp3) is 0.333. The van der Waals surface area contributed by atoms with Gasteiger partial charge in [-0.05, 0) is 31.1 Å². The van der Waals surface area contributed by atoms with Crippen LogP contribution in [-0.4, -0.2) is 40.1 Å². The highest BCUT2D eigenvalue weighted by atomic mass is 32.1. The Morgan fingerprint density at radius 1 is 1.35 bits per heavy atom. The number of hydrogen-bond donors (Lipinski definition) is 1. The van der Waals surface area contributed by atoms with Crippen molar-refractivity contribution in [3.63, 3.8) is 0 Å². The molecule has 2 aromatic rings. The Morgan fingerprint density at radius 3 is 2.85 bits per heavy atom. The number of piperidine rings is 1. The number of fused-ring (bicyclic) bond motifs is 1. The zero-order valence-electron chi connectivity index (χ0n) is 11.0. The van der Waals surface area contributed by atoms with E-state index in [4.69, 9.17) is 0 Å². The Morgan fingerprint density at radius 2 is 2.10 bits per heavy atom. The molecule has 1 aliphatic rings. The Hall–Kier alpha value is -1.72. The molecule has 0 bridgehead atoms. The molecule has 1 aliphatic heterocycles. The van der Waals surface area contributed by atoms with Crippen molar-refractivity contribution in [1.29, 1.82) is 0 Å². The molecule has 1 amide bonds. The number of likely N-dealkylation sites (tertiary alicyclic amines) is 1. The van der Waals surface area contributed by atoms with Crippen LogP contribution in [0.2, 0.25) is 0 Å². The first kappa shape index (κ1) is 13.3. The van der Waals surface area contributed by atoms with Gasteiger partial charge in [0.1, 0.15) is 5.01 Å². The monoisotopic (exact) mass is 288 g/mol. The maximum Gasteiger partial charge on any atom is 0.246 e. The van der Waals surface area contributed by atoms with Gasteiger partial charge < -0.3 is 10.0 Å². The number of rotatable bonds is 2. The third-order valence-electron chi connectivity index (χ3n) is 3.46. The van der Waals surface area contributed by atoms with E-state index in [1.165, 1.54) is 0 Å². The van der Waals surface area contributed by atoms with Crippen LogP contribution in [0.3, 0.4) is 0 Å². The number of para-hydroxylation sites is 1. The van der Waals surface area contributed by atoms with E-state index in [1.807, 2.05) is 24.3 Å². The molecule has 1 fully saturated rings. The Kier molecular flexibility index (Phi) is 3.80. The van der Waals surface area contributed by atoms with Crippen LogP contribution in [0, 0.1) is 0 Å². The smallest absolute Gasteiger partial charge is 0.246 e. The number of aliphatic hydroxyl groups excluding tert-OH is 1. The summed E-state index contributed by atoms with van der Waals surface area (Å²) in [6, 6.07) is 7.94. The van der Waals surface area contributed by atoms with Gasteiger partial charge in [-0.2, -0.15) is 0 Å². The summed E-state index contributed by atoms with van der Waals surface area (Å²) in [5.74, 6) is -0.00356. The molecule has 1 saturated heterocycles. The molecule has 0 spiro atoms. The summed E-state index contributed by atoms with van der Waals surface area (Å²) in [7, 11) is 0. The van der Waals surface area contributed by atoms with E-state index >= 15 is 0 Å². The maximum atomic E-state index is 12.0. The van der Waals surface area contributed by atoms with Gasteiger partial charge in [-0.1, -0.05) is 12.1 Å². The predicted octanol–water partition coefficient (Wildman–Crippen LogP) is 2.29. The van der Waals surface area contributed by atoms with E-state index in [1.54, 1.807) is 28.4 Å². The van der Waals surface area contributed by atoms with Gasteiger partial charge in [0.25, 0.3) is 0 Å². The molecule has 20 heavy (non-hydrogen) atoms. The number of hydrogen-bond acceptors (Lipinski definition) is 4. The van der Waals surface area contributed by atoms with E-state index in [0.29, 0.717) is 25.9 Å². The Labute approximate surface area is 121 Å². The highest BCUT2D eigenvalue weighted by molar-refractivity contribution is 7.19. The van der Waals surface area contributed by atoms with Gasteiger partial charge in [-0.3, -0.25) is 4.79 Å². The standard InChI is InChI=1S/C15H16N2O2S/c18-11-7-9-17(10-8-11)15(19)6-5-14-16-12-3-1-2-4-13(12)20-14/h1-6,11,18H,7-10H2. The number of aromatic nitrogens is 1. The van der Waals surface area contributed by atoms with Crippen molar-refractivity contribution in [2.24, 2.45) is 0 Å². The first-order chi connectivity index (χ1) is 9.72. The van der Waals surface area contributed by atoms with Gasteiger partial charge in [-0.25, -0.2) is 4.98 Å². The van der Waals surface area contributed by atoms with Gasteiger partial charge in [0, 0.05) is 19.2 Å². The lowest BCUT2D eigenvalue weighted by Crippen LogP contribution is -2.39. The molecular weight excluding hydrogens is 272 g/mol. The van der Waals surface area contributed by atoms with Crippen molar-refractivity contribution >= 4 is 33.5 Å². The molecule has 5 heteroatoms. The summed E-state index contributed by atoms with van der Waals surface area (Å²) < 4.78 is 1.13. The molecule has 3 rings (SSSR count). The van der Waals surface area contributed by atoms with E-state index in [0.717, 1.165) is 15.2 Å². The molecule has 2 heterocycles. The zero-order valence-corrected chi connectivity index (χ0v) is 11.8. The van der Waals surface area contributed by atoms with Crippen molar-refractivity contribution < 1.29 is 9.90 Å². The maximum absolute atomic E-state index is 12.0. The third kappa shape index (κ3) is 2.89. The quantitative estimate of drug-likeness (QED) is 0.863. The summed E-state index contributed by atoms with van der Waals surface area (Å²) in [5.41, 5.74) is 0.964. The average Bonchev–Trinajstić information content (AvgIpc) is 2.88. The van der Waals surface area contributed by atoms with Crippen LogP contribution in [0.15, 0.2) is 30.3 Å². The van der Waals surface area contributed by atoms with Crippen molar-refractivity contribution in [3.05, 3.63) is 35.3 Å². The fourth-order valence-electron chi connectivity index (χ4n) is 2.30. The SMILES string of the molecule is O=C(C=Cc1nc2ccccc2s1)N1CCC(O)CC1. The Balaban J connectivity index is 1.68. The van der Waals surface area contributed by atoms with Gasteiger partial charge in [0.15, 0.2) is 0 Å². The van der Waals surface area contributed by atoms with Crippen LogP contribution >= 0.6 is 11.3 Å². The van der Waals surface area contributed by atoms with E-state index in [-0.39, 0.29) is 12.0 Å². The molecule has 1 aromatic carbocycles. The molecule has 0 aliphatic carbocycles. The van der Waals surface area contributed by atoms with E-state index in [2.05, 4.69) is 4.98 Å². The van der Waals surface area contributed by atoms with Crippen molar-refractivity contribution in [3.8, 4) is 0 Å². The molecule has 0 unspecified atom stereocenters. The van der Waals surface area contributed by atoms with Gasteiger partial charge in [0.05, 0.1) is 16.3 Å². The summed E-state index contributed by atoms with van der Waals surface area (Å²) >= 11 is 1.58. The molecule has 4 nitrogen and oxygen atoms in total. The number of benzene rings is 1. The van der Waals surface area contributed by atoms with Crippen molar-refractivity contribution in [2.75, 3.05) is 13.1 Å². The number of thiazole rings is 1. The number of aliphatic hydroxyl groups is 1. The number of carbonyl (C=O) groups is 1. The molecule has 1 aromatic heterocycles. The second-order valence-electron chi connectivity index (χ2n) is 4.91. The zero-order chi connectivity index (χ0) is 13.9. The number of amides is 1. The minimum atomic E-state index is -0.257. The first-order valence-electron chi connectivity index (χ1n) is 6.73. The third-order valence-corrected chi connectivity index (χ3v) is 4.46. The number of carbonyl (C=O) groups excluding carboxylic acids is 1. The first-order valence-corrected chi connectivity index (χ1v) is 7.54. The molecule has 104 valence electrons. The summed E-state index contributed by atoms with van der Waals surface area (Å²) in [6.45, 7) is 1.26. The highest BCUT2D eigenvalue weighted by Crippen LogP contribution is 2.22. The normalized spacial score (nSPS) is 17.1. The van der Waals surface area contributed by atoms with Crippen molar-refractivity contribution in [2.45, 2.75) is 18.9 Å². The van der Waals surface area contributed by atoms with E-state index < -0.39 is 0 Å². The lowest BCUT2D eigenvalue weighted by molar-refractivity contribution is -0.127. The van der Waals surface area contributed by atoms with Crippen LogP contribution in [0.1, 0.15) is 17.8 Å². The van der Waals surface area contributed by atoms with Gasteiger partial charge in [-0.15, -0.1) is 11.3 Å². The van der Waals surface area contributed by atoms with E-state index in [9.17, 15) is 9.90 Å². The average molecular weight is 288 g/mol. The minimum absolute atomic E-state index is 0.00356. The topological polar surface area (TPSA) is 53.4 Å². The van der Waals surface area contributed by atoms with Crippen molar-refractivity contribution in [1.82, 2.24) is 9.88 Å². The molecule has 0 saturated carbocycles. The Bertz CT molecular complexity index is 609. The predicted molar refractivity (Wildman–Crippen MR) is 80.5 cm³/mol. The lowest BCUT2D eigenvalue weighted by atomic mass is 10.1. The van der Waals surface area contributed by atoms with Crippen LogP contribution in [0.25, 0.3) is 16.3 Å². The summed E-state index contributed by atoms with van der Waals surface area (Å²) in [5, 5.41) is 10.3. The summed E-state index contributed by atoms with van der Waals surface area (Å²) in [4.78, 5) is 18.3. The minimum Gasteiger partial charge on any atom is -0.393 e. The largest absolute Gasteiger partial charge is 0.393 e. The fourth-order valence-corrected chi connectivity index (χ4v) is 3.17. The van der Waals surface area contributed by atoms with Crippen LogP contribution in [0.4, 0.5) is 0 Å². The highest BCUT2D eigenvalue weighted by Gasteiger charge is 2.19.